The fourth-order valence-electron chi connectivity index (χ4n) is 2.42. The first-order valence-corrected chi connectivity index (χ1v) is 7.82. The first-order chi connectivity index (χ1) is 10.7. The Labute approximate surface area is 130 Å². The second kappa shape index (κ2) is 6.75. The maximum atomic E-state index is 11.9. The zero-order valence-corrected chi connectivity index (χ0v) is 12.8. The second-order valence-electron chi connectivity index (χ2n) is 5.91. The van der Waals surface area contributed by atoms with Gasteiger partial charge in [0.1, 0.15) is 0 Å². The van der Waals surface area contributed by atoms with Gasteiger partial charge in [-0.15, -0.1) is 0 Å². The van der Waals surface area contributed by atoms with E-state index in [2.05, 4.69) is 15.7 Å². The van der Waals surface area contributed by atoms with E-state index in [0.29, 0.717) is 6.54 Å². The van der Waals surface area contributed by atoms with Gasteiger partial charge in [0.15, 0.2) is 0 Å². The number of carbonyl (C=O) groups is 1. The molecule has 1 heterocycles. The summed E-state index contributed by atoms with van der Waals surface area (Å²) in [5.74, 6) is 0.837. The third kappa shape index (κ3) is 3.95. The highest BCUT2D eigenvalue weighted by Crippen LogP contribution is 2.27. The number of nitrogens with one attached hydrogen (secondary N) is 2. The van der Waals surface area contributed by atoms with Crippen molar-refractivity contribution in [1.82, 2.24) is 20.4 Å². The molecule has 1 aromatic carbocycles. The number of hydrogen-bond donors (Lipinski definition) is 2. The standard InChI is InChI=1S/C17H22N4O/c1-13(20-17(22)12-18-11-14-3-4-14)15-5-7-16(8-6-15)21-10-2-9-19-21/h2,5-10,13-14,18H,3-4,11-12H2,1H3,(H,20,22). The minimum absolute atomic E-state index is 0.00176. The summed E-state index contributed by atoms with van der Waals surface area (Å²) in [6, 6.07) is 9.97. The van der Waals surface area contributed by atoms with Crippen molar-refractivity contribution >= 4 is 5.91 Å². The Bertz CT molecular complexity index is 602. The fourth-order valence-corrected chi connectivity index (χ4v) is 2.42. The van der Waals surface area contributed by atoms with Crippen LogP contribution in [0.5, 0.6) is 0 Å². The van der Waals surface area contributed by atoms with Crippen LogP contribution in [0.3, 0.4) is 0 Å². The van der Waals surface area contributed by atoms with E-state index in [9.17, 15) is 4.79 Å². The van der Waals surface area contributed by atoms with E-state index in [-0.39, 0.29) is 11.9 Å². The molecule has 1 aliphatic rings. The SMILES string of the molecule is CC(NC(=O)CNCC1CC1)c1ccc(-n2cccn2)cc1. The molecule has 1 unspecified atom stereocenters. The first-order valence-electron chi connectivity index (χ1n) is 7.82. The number of hydrogen-bond acceptors (Lipinski definition) is 3. The van der Waals surface area contributed by atoms with Gasteiger partial charge >= 0.3 is 0 Å². The van der Waals surface area contributed by atoms with Crippen LogP contribution >= 0.6 is 0 Å². The summed E-state index contributed by atoms with van der Waals surface area (Å²) in [5.41, 5.74) is 2.10. The van der Waals surface area contributed by atoms with Crippen molar-refractivity contribution in [3.05, 3.63) is 48.3 Å². The topological polar surface area (TPSA) is 59.0 Å². The van der Waals surface area contributed by atoms with Gasteiger partial charge in [0, 0.05) is 12.4 Å². The Morgan fingerprint density at radius 3 is 2.77 bits per heavy atom. The number of benzene rings is 1. The number of rotatable bonds is 7. The molecule has 1 saturated carbocycles. The van der Waals surface area contributed by atoms with Gasteiger partial charge in [0.2, 0.25) is 5.91 Å². The molecule has 0 radical (unpaired) electrons. The average Bonchev–Trinajstić information content (AvgIpc) is 3.18. The van der Waals surface area contributed by atoms with Crippen LogP contribution in [-0.2, 0) is 4.79 Å². The normalized spacial score (nSPS) is 15.5. The molecule has 22 heavy (non-hydrogen) atoms. The lowest BCUT2D eigenvalue weighted by Crippen LogP contribution is -2.36. The lowest BCUT2D eigenvalue weighted by atomic mass is 10.1. The van der Waals surface area contributed by atoms with Crippen LogP contribution in [0, 0.1) is 5.92 Å². The van der Waals surface area contributed by atoms with E-state index < -0.39 is 0 Å². The molecule has 2 aromatic rings. The van der Waals surface area contributed by atoms with Crippen molar-refractivity contribution in [1.29, 1.82) is 0 Å². The van der Waals surface area contributed by atoms with Gasteiger partial charge in [-0.2, -0.15) is 5.10 Å². The molecule has 0 saturated heterocycles. The summed E-state index contributed by atoms with van der Waals surface area (Å²) < 4.78 is 1.81. The Kier molecular flexibility index (Phi) is 4.53. The summed E-state index contributed by atoms with van der Waals surface area (Å²) in [4.78, 5) is 11.9. The Balaban J connectivity index is 1.50. The largest absolute Gasteiger partial charge is 0.348 e. The molecule has 5 nitrogen and oxygen atoms in total. The maximum Gasteiger partial charge on any atom is 0.234 e. The Hall–Kier alpha value is -2.14. The Morgan fingerprint density at radius 2 is 2.14 bits per heavy atom. The molecule has 0 spiro atoms. The van der Waals surface area contributed by atoms with Crippen LogP contribution in [0.2, 0.25) is 0 Å². The highest BCUT2D eigenvalue weighted by molar-refractivity contribution is 5.78. The highest BCUT2D eigenvalue weighted by Gasteiger charge is 2.20. The van der Waals surface area contributed by atoms with E-state index in [0.717, 1.165) is 23.7 Å². The molecule has 2 N–H and O–H groups in total. The number of carbonyl (C=O) groups excluding carboxylic acids is 1. The van der Waals surface area contributed by atoms with E-state index in [4.69, 9.17) is 0 Å². The van der Waals surface area contributed by atoms with Crippen molar-refractivity contribution in [3.63, 3.8) is 0 Å². The van der Waals surface area contributed by atoms with E-state index in [1.807, 2.05) is 48.1 Å². The summed E-state index contributed by atoms with van der Waals surface area (Å²) in [6.07, 6.45) is 6.26. The van der Waals surface area contributed by atoms with E-state index >= 15 is 0 Å². The second-order valence-corrected chi connectivity index (χ2v) is 5.91. The predicted molar refractivity (Wildman–Crippen MR) is 85.7 cm³/mol. The number of aromatic nitrogens is 2. The molecule has 5 heteroatoms. The van der Waals surface area contributed by atoms with Gasteiger partial charge in [0.25, 0.3) is 0 Å². The minimum Gasteiger partial charge on any atom is -0.348 e. The number of amides is 1. The van der Waals surface area contributed by atoms with Gasteiger partial charge in [-0.3, -0.25) is 4.79 Å². The van der Waals surface area contributed by atoms with Crippen LogP contribution < -0.4 is 10.6 Å². The van der Waals surface area contributed by atoms with Crippen molar-refractivity contribution in [2.45, 2.75) is 25.8 Å². The lowest BCUT2D eigenvalue weighted by Gasteiger charge is -2.15. The fraction of sp³-hybridized carbons (Fsp3) is 0.412. The quantitative estimate of drug-likeness (QED) is 0.822. The van der Waals surface area contributed by atoms with Gasteiger partial charge in [-0.25, -0.2) is 4.68 Å². The smallest absolute Gasteiger partial charge is 0.234 e. The number of nitrogens with zero attached hydrogens (tertiary/aromatic N) is 2. The molecule has 1 amide bonds. The monoisotopic (exact) mass is 298 g/mol. The molecule has 0 aliphatic heterocycles. The van der Waals surface area contributed by atoms with Crippen molar-refractivity contribution in [2.24, 2.45) is 5.92 Å². The maximum absolute atomic E-state index is 11.9. The molecular weight excluding hydrogens is 276 g/mol. The van der Waals surface area contributed by atoms with Crippen molar-refractivity contribution in [3.8, 4) is 5.69 Å². The summed E-state index contributed by atoms with van der Waals surface area (Å²) in [7, 11) is 0. The van der Waals surface area contributed by atoms with Gasteiger partial charge < -0.3 is 10.6 Å². The summed E-state index contributed by atoms with van der Waals surface area (Å²) in [5, 5.41) is 10.4. The minimum atomic E-state index is 0.00176. The third-order valence-electron chi connectivity index (χ3n) is 3.96. The van der Waals surface area contributed by atoms with Gasteiger partial charge in [-0.1, -0.05) is 12.1 Å². The molecule has 1 fully saturated rings. The van der Waals surface area contributed by atoms with Crippen LogP contribution in [0.4, 0.5) is 0 Å². The van der Waals surface area contributed by atoms with Crippen LogP contribution in [0.15, 0.2) is 42.7 Å². The molecular formula is C17H22N4O. The van der Waals surface area contributed by atoms with Gasteiger partial charge in [0.05, 0.1) is 18.3 Å². The summed E-state index contributed by atoms with van der Waals surface area (Å²) >= 11 is 0. The molecule has 3 rings (SSSR count). The molecule has 116 valence electrons. The Morgan fingerprint density at radius 1 is 1.36 bits per heavy atom. The third-order valence-corrected chi connectivity index (χ3v) is 3.96. The van der Waals surface area contributed by atoms with Crippen molar-refractivity contribution in [2.75, 3.05) is 13.1 Å². The zero-order chi connectivity index (χ0) is 15.4. The predicted octanol–water partition coefficient (Wildman–Crippen LogP) is 2.05. The average molecular weight is 298 g/mol. The van der Waals surface area contributed by atoms with E-state index in [1.54, 1.807) is 6.20 Å². The highest BCUT2D eigenvalue weighted by atomic mass is 16.1. The van der Waals surface area contributed by atoms with E-state index in [1.165, 1.54) is 12.8 Å². The van der Waals surface area contributed by atoms with Crippen LogP contribution in [-0.4, -0.2) is 28.8 Å². The zero-order valence-electron chi connectivity index (χ0n) is 12.8. The summed E-state index contributed by atoms with van der Waals surface area (Å²) in [6.45, 7) is 3.36. The lowest BCUT2D eigenvalue weighted by molar-refractivity contribution is -0.120. The molecule has 1 aromatic heterocycles. The van der Waals surface area contributed by atoms with Crippen molar-refractivity contribution < 1.29 is 4.79 Å². The van der Waals surface area contributed by atoms with Crippen LogP contribution in [0.1, 0.15) is 31.4 Å². The van der Waals surface area contributed by atoms with Gasteiger partial charge in [-0.05, 0) is 56.0 Å². The molecule has 1 atom stereocenters. The molecule has 0 bridgehead atoms. The van der Waals surface area contributed by atoms with Crippen LogP contribution in [0.25, 0.3) is 5.69 Å². The molecule has 1 aliphatic carbocycles. The first kappa shape index (κ1) is 14.8.